The van der Waals surface area contributed by atoms with Crippen molar-refractivity contribution in [3.8, 4) is 0 Å². The lowest BCUT2D eigenvalue weighted by atomic mass is 10.2. The number of aromatic nitrogens is 2. The molecule has 0 fully saturated rings. The molecule has 7 heteroatoms. The average Bonchev–Trinajstić information content (AvgIpc) is 2.40. The molecule has 2 aromatic rings. The lowest BCUT2D eigenvalue weighted by molar-refractivity contribution is -0.387. The molecule has 0 aliphatic rings. The van der Waals surface area contributed by atoms with E-state index in [0.29, 0.717) is 16.2 Å². The Labute approximate surface area is 106 Å². The first-order valence-corrected chi connectivity index (χ1v) is 5.70. The minimum atomic E-state index is -0.517. The molecule has 0 unspecified atom stereocenters. The largest absolute Gasteiger partial charge is 0.298 e. The summed E-state index contributed by atoms with van der Waals surface area (Å²) in [6.45, 7) is 0. The van der Waals surface area contributed by atoms with E-state index in [1.54, 1.807) is 12.3 Å². The van der Waals surface area contributed by atoms with Crippen molar-refractivity contribution in [2.24, 2.45) is 0 Å². The number of nitrogens with zero attached hydrogens (tertiary/aromatic N) is 3. The van der Waals surface area contributed by atoms with Crippen LogP contribution in [0.25, 0.3) is 0 Å². The number of benzene rings is 1. The minimum absolute atomic E-state index is 0.108. The third kappa shape index (κ3) is 2.69. The molecule has 1 aromatic carbocycles. The van der Waals surface area contributed by atoms with Crippen LogP contribution in [-0.4, -0.2) is 21.2 Å². The molecule has 0 aliphatic heterocycles. The number of nitro benzene ring substituents is 1. The molecule has 0 saturated heterocycles. The predicted octanol–water partition coefficient (Wildman–Crippen LogP) is 2.35. The topological polar surface area (TPSA) is 86.0 Å². The second kappa shape index (κ2) is 5.37. The van der Waals surface area contributed by atoms with Gasteiger partial charge in [0.05, 0.1) is 9.82 Å². The van der Waals surface area contributed by atoms with Crippen LogP contribution in [0.2, 0.25) is 0 Å². The molecule has 0 saturated carbocycles. The van der Waals surface area contributed by atoms with Gasteiger partial charge in [0, 0.05) is 17.8 Å². The predicted molar refractivity (Wildman–Crippen MR) is 64.6 cm³/mol. The first-order valence-electron chi connectivity index (χ1n) is 4.88. The van der Waals surface area contributed by atoms with Crippen LogP contribution in [0.4, 0.5) is 5.69 Å². The van der Waals surface area contributed by atoms with Crippen LogP contribution >= 0.6 is 11.8 Å². The summed E-state index contributed by atoms with van der Waals surface area (Å²) >= 11 is 1.15. The highest BCUT2D eigenvalue weighted by atomic mass is 32.2. The van der Waals surface area contributed by atoms with Crippen molar-refractivity contribution in [3.63, 3.8) is 0 Å². The van der Waals surface area contributed by atoms with Gasteiger partial charge in [-0.15, -0.1) is 0 Å². The Morgan fingerprint density at radius 3 is 2.78 bits per heavy atom. The van der Waals surface area contributed by atoms with E-state index >= 15 is 0 Å². The van der Waals surface area contributed by atoms with Crippen LogP contribution in [0, 0.1) is 10.1 Å². The molecule has 1 heterocycles. The molecule has 6 nitrogen and oxygen atoms in total. The molecule has 0 N–H and O–H groups in total. The number of rotatable bonds is 4. The second-order valence-electron chi connectivity index (χ2n) is 3.25. The van der Waals surface area contributed by atoms with E-state index in [1.807, 2.05) is 0 Å². The summed E-state index contributed by atoms with van der Waals surface area (Å²) in [5.41, 5.74) is 0.164. The third-order valence-corrected chi connectivity index (χ3v) is 3.10. The number of carbonyl (C=O) groups excluding carboxylic acids is 1. The summed E-state index contributed by atoms with van der Waals surface area (Å²) in [7, 11) is 0. The number of carbonyl (C=O) groups is 1. The first kappa shape index (κ1) is 12.2. The van der Waals surface area contributed by atoms with Crippen molar-refractivity contribution >= 4 is 23.7 Å². The van der Waals surface area contributed by atoms with Crippen LogP contribution in [-0.2, 0) is 0 Å². The molecule has 1 aromatic heterocycles. The van der Waals surface area contributed by atoms with Crippen molar-refractivity contribution in [3.05, 3.63) is 52.5 Å². The van der Waals surface area contributed by atoms with Gasteiger partial charge >= 0.3 is 0 Å². The van der Waals surface area contributed by atoms with Gasteiger partial charge in [-0.2, -0.15) is 0 Å². The zero-order valence-corrected chi connectivity index (χ0v) is 9.83. The fourth-order valence-electron chi connectivity index (χ4n) is 1.29. The van der Waals surface area contributed by atoms with Crippen molar-refractivity contribution in [2.75, 3.05) is 0 Å². The Balaban J connectivity index is 2.38. The van der Waals surface area contributed by atoms with E-state index in [-0.39, 0.29) is 11.3 Å². The van der Waals surface area contributed by atoms with Gasteiger partial charge in [-0.25, -0.2) is 9.97 Å². The Morgan fingerprint density at radius 2 is 2.17 bits per heavy atom. The van der Waals surface area contributed by atoms with Crippen LogP contribution in [0.3, 0.4) is 0 Å². The molecule has 0 aliphatic carbocycles. The third-order valence-electron chi connectivity index (χ3n) is 2.09. The number of hydrogen-bond donors (Lipinski definition) is 0. The van der Waals surface area contributed by atoms with Gasteiger partial charge in [-0.1, -0.05) is 17.8 Å². The maximum Gasteiger partial charge on any atom is 0.284 e. The van der Waals surface area contributed by atoms with Crippen LogP contribution in [0.15, 0.2) is 46.7 Å². The molecule has 2 rings (SSSR count). The highest BCUT2D eigenvalue weighted by Gasteiger charge is 2.16. The standard InChI is InChI=1S/C11H7N3O3S/c15-6-8-1-2-10(9(5-8)14(16)17)18-11-3-4-12-7-13-11/h1-7H. The maximum absolute atomic E-state index is 10.9. The zero-order valence-electron chi connectivity index (χ0n) is 9.02. The van der Waals surface area contributed by atoms with Gasteiger partial charge in [-0.3, -0.25) is 14.9 Å². The van der Waals surface area contributed by atoms with E-state index in [2.05, 4.69) is 9.97 Å². The monoisotopic (exact) mass is 261 g/mol. The fourth-order valence-corrected chi connectivity index (χ4v) is 2.12. The van der Waals surface area contributed by atoms with Crippen LogP contribution in [0.5, 0.6) is 0 Å². The summed E-state index contributed by atoms with van der Waals surface area (Å²) in [5.74, 6) is 0. The molecule has 0 spiro atoms. The average molecular weight is 261 g/mol. The molecule has 0 atom stereocenters. The summed E-state index contributed by atoms with van der Waals surface area (Å²) in [4.78, 5) is 29.2. The Hall–Kier alpha value is -2.28. The van der Waals surface area contributed by atoms with Crippen LogP contribution < -0.4 is 0 Å². The van der Waals surface area contributed by atoms with Crippen molar-refractivity contribution in [2.45, 2.75) is 9.92 Å². The Morgan fingerprint density at radius 1 is 1.33 bits per heavy atom. The zero-order chi connectivity index (χ0) is 13.0. The van der Waals surface area contributed by atoms with Gasteiger partial charge in [0.25, 0.3) is 5.69 Å². The highest BCUT2D eigenvalue weighted by Crippen LogP contribution is 2.33. The molecule has 90 valence electrons. The van der Waals surface area contributed by atoms with Gasteiger partial charge in [0.2, 0.25) is 0 Å². The van der Waals surface area contributed by atoms with Crippen molar-refractivity contribution < 1.29 is 9.72 Å². The number of nitro groups is 1. The number of hydrogen-bond acceptors (Lipinski definition) is 6. The molecular formula is C11H7N3O3S. The minimum Gasteiger partial charge on any atom is -0.298 e. The maximum atomic E-state index is 10.9. The summed E-state index contributed by atoms with van der Waals surface area (Å²) in [6, 6.07) is 5.97. The SMILES string of the molecule is O=Cc1ccc(Sc2ccncn2)c([N+](=O)[O-])c1. The smallest absolute Gasteiger partial charge is 0.284 e. The number of aldehydes is 1. The van der Waals surface area contributed by atoms with Gasteiger partial charge in [-0.05, 0) is 12.1 Å². The van der Waals surface area contributed by atoms with Crippen molar-refractivity contribution in [1.82, 2.24) is 9.97 Å². The van der Waals surface area contributed by atoms with E-state index in [4.69, 9.17) is 0 Å². The van der Waals surface area contributed by atoms with Crippen LogP contribution in [0.1, 0.15) is 10.4 Å². The Bertz CT molecular complexity index is 589. The quantitative estimate of drug-likeness (QED) is 0.363. The molecule has 18 heavy (non-hydrogen) atoms. The molecular weight excluding hydrogens is 254 g/mol. The van der Waals surface area contributed by atoms with E-state index in [0.717, 1.165) is 11.8 Å². The summed E-state index contributed by atoms with van der Waals surface area (Å²) < 4.78 is 0. The van der Waals surface area contributed by atoms with E-state index in [9.17, 15) is 14.9 Å². The van der Waals surface area contributed by atoms with Crippen molar-refractivity contribution in [1.29, 1.82) is 0 Å². The van der Waals surface area contributed by atoms with Gasteiger partial charge in [0.1, 0.15) is 17.6 Å². The molecule has 0 amide bonds. The summed E-state index contributed by atoms with van der Waals surface area (Å²) in [6.07, 6.45) is 3.50. The second-order valence-corrected chi connectivity index (χ2v) is 4.31. The Kier molecular flexibility index (Phi) is 3.63. The van der Waals surface area contributed by atoms with Gasteiger partial charge in [0.15, 0.2) is 0 Å². The molecule has 0 bridgehead atoms. The van der Waals surface area contributed by atoms with Gasteiger partial charge < -0.3 is 0 Å². The molecule has 0 radical (unpaired) electrons. The highest BCUT2D eigenvalue weighted by molar-refractivity contribution is 7.99. The summed E-state index contributed by atoms with van der Waals surface area (Å²) in [5, 5.41) is 11.5. The lowest BCUT2D eigenvalue weighted by Crippen LogP contribution is -1.93. The first-order chi connectivity index (χ1) is 8.70. The van der Waals surface area contributed by atoms with E-state index in [1.165, 1.54) is 24.5 Å². The lowest BCUT2D eigenvalue weighted by Gasteiger charge is -2.02. The van der Waals surface area contributed by atoms with E-state index < -0.39 is 4.92 Å². The normalized spacial score (nSPS) is 10.0. The fraction of sp³-hybridized carbons (Fsp3) is 0.